The Hall–Kier alpha value is -2.40. The molecule has 6 heteroatoms. The third-order valence-corrected chi connectivity index (χ3v) is 4.20. The molecule has 1 saturated heterocycles. The third kappa shape index (κ3) is 2.80. The normalized spacial score (nSPS) is 20.7. The number of amides is 3. The highest BCUT2D eigenvalue weighted by atomic mass is 35.5. The molecule has 1 atom stereocenters. The summed E-state index contributed by atoms with van der Waals surface area (Å²) in [6.07, 6.45) is 0. The fraction of sp³-hybridized carbons (Fsp3) is 0.176. The van der Waals surface area contributed by atoms with E-state index < -0.39 is 17.4 Å². The molecule has 1 N–H and O–H groups in total. The molecule has 0 saturated carbocycles. The lowest BCUT2D eigenvalue weighted by molar-refractivity contribution is -0.131. The van der Waals surface area contributed by atoms with Gasteiger partial charge in [-0.3, -0.25) is 9.69 Å². The quantitative estimate of drug-likeness (QED) is 0.875. The summed E-state index contributed by atoms with van der Waals surface area (Å²) >= 11 is 5.83. The van der Waals surface area contributed by atoms with Gasteiger partial charge in [0.1, 0.15) is 11.4 Å². The van der Waals surface area contributed by atoms with Gasteiger partial charge in [0.15, 0.2) is 0 Å². The van der Waals surface area contributed by atoms with Crippen LogP contribution in [-0.2, 0) is 16.9 Å². The Morgan fingerprint density at radius 3 is 2.30 bits per heavy atom. The average molecular weight is 333 g/mol. The first kappa shape index (κ1) is 15.5. The van der Waals surface area contributed by atoms with Gasteiger partial charge in [0.2, 0.25) is 0 Å². The van der Waals surface area contributed by atoms with Crippen molar-refractivity contribution in [3.8, 4) is 0 Å². The predicted molar refractivity (Wildman–Crippen MR) is 84.3 cm³/mol. The van der Waals surface area contributed by atoms with Crippen molar-refractivity contribution < 1.29 is 14.0 Å². The molecule has 1 fully saturated rings. The van der Waals surface area contributed by atoms with Gasteiger partial charge in [0, 0.05) is 5.02 Å². The van der Waals surface area contributed by atoms with E-state index in [2.05, 4.69) is 5.32 Å². The molecule has 2 aromatic carbocycles. The van der Waals surface area contributed by atoms with Crippen LogP contribution in [0.3, 0.4) is 0 Å². The molecule has 0 aliphatic carbocycles. The van der Waals surface area contributed by atoms with Gasteiger partial charge < -0.3 is 5.32 Å². The number of nitrogens with zero attached hydrogens (tertiary/aromatic N) is 1. The van der Waals surface area contributed by atoms with E-state index in [0.29, 0.717) is 10.6 Å². The number of nitrogens with one attached hydrogen (secondary N) is 1. The third-order valence-electron chi connectivity index (χ3n) is 3.95. The number of carbonyl (C=O) groups excluding carboxylic acids is 2. The second-order valence-electron chi connectivity index (χ2n) is 5.58. The summed E-state index contributed by atoms with van der Waals surface area (Å²) in [5, 5.41) is 3.27. The van der Waals surface area contributed by atoms with Gasteiger partial charge in [0.25, 0.3) is 5.91 Å². The lowest BCUT2D eigenvalue weighted by atomic mass is 9.92. The molecule has 0 aromatic heterocycles. The second kappa shape index (κ2) is 5.66. The van der Waals surface area contributed by atoms with Gasteiger partial charge in [-0.15, -0.1) is 0 Å². The Morgan fingerprint density at radius 1 is 1.09 bits per heavy atom. The van der Waals surface area contributed by atoms with Crippen LogP contribution < -0.4 is 5.32 Å². The van der Waals surface area contributed by atoms with E-state index >= 15 is 0 Å². The summed E-state index contributed by atoms with van der Waals surface area (Å²) in [7, 11) is 0. The smallest absolute Gasteiger partial charge is 0.319 e. The molecule has 118 valence electrons. The molecule has 3 amide bonds. The largest absolute Gasteiger partial charge is 0.325 e. The molecule has 0 spiro atoms. The van der Waals surface area contributed by atoms with Crippen LogP contribution >= 0.6 is 11.6 Å². The maximum absolute atomic E-state index is 13.1. The van der Waals surface area contributed by atoms with Crippen molar-refractivity contribution in [3.05, 3.63) is 70.5 Å². The number of imide groups is 1. The molecular weight excluding hydrogens is 319 g/mol. The van der Waals surface area contributed by atoms with Gasteiger partial charge in [0.05, 0.1) is 6.54 Å². The number of rotatable bonds is 3. The number of hydrogen-bond acceptors (Lipinski definition) is 2. The first-order valence-electron chi connectivity index (χ1n) is 7.05. The van der Waals surface area contributed by atoms with E-state index in [0.717, 1.165) is 10.5 Å². The minimum atomic E-state index is -1.20. The molecule has 23 heavy (non-hydrogen) atoms. The Balaban J connectivity index is 1.87. The number of urea groups is 1. The van der Waals surface area contributed by atoms with Crippen LogP contribution in [0.1, 0.15) is 18.1 Å². The number of carbonyl (C=O) groups is 2. The molecule has 2 aromatic rings. The molecule has 1 aliphatic heterocycles. The summed E-state index contributed by atoms with van der Waals surface area (Å²) in [5.74, 6) is -0.767. The minimum Gasteiger partial charge on any atom is -0.319 e. The van der Waals surface area contributed by atoms with Gasteiger partial charge >= 0.3 is 6.03 Å². The van der Waals surface area contributed by atoms with Crippen molar-refractivity contribution >= 4 is 23.5 Å². The van der Waals surface area contributed by atoms with Gasteiger partial charge in [-0.1, -0.05) is 35.9 Å². The minimum absolute atomic E-state index is 0.151. The summed E-state index contributed by atoms with van der Waals surface area (Å²) in [4.78, 5) is 26.1. The first-order chi connectivity index (χ1) is 10.9. The first-order valence-corrected chi connectivity index (χ1v) is 7.42. The van der Waals surface area contributed by atoms with Crippen LogP contribution in [0.4, 0.5) is 9.18 Å². The topological polar surface area (TPSA) is 49.4 Å². The van der Waals surface area contributed by atoms with Crippen molar-refractivity contribution in [2.24, 2.45) is 0 Å². The Bertz CT molecular complexity index is 761. The molecule has 1 unspecified atom stereocenters. The van der Waals surface area contributed by atoms with Gasteiger partial charge in [-0.25, -0.2) is 9.18 Å². The van der Waals surface area contributed by atoms with Crippen LogP contribution in [-0.4, -0.2) is 16.8 Å². The van der Waals surface area contributed by atoms with E-state index in [1.54, 1.807) is 31.2 Å². The van der Waals surface area contributed by atoms with Crippen LogP contribution in [0.2, 0.25) is 5.02 Å². The molecular formula is C17H14ClFN2O2. The van der Waals surface area contributed by atoms with E-state index in [4.69, 9.17) is 11.6 Å². The van der Waals surface area contributed by atoms with Crippen LogP contribution in [0, 0.1) is 5.82 Å². The van der Waals surface area contributed by atoms with Crippen molar-refractivity contribution in [1.29, 1.82) is 0 Å². The maximum Gasteiger partial charge on any atom is 0.325 e. The van der Waals surface area contributed by atoms with Crippen molar-refractivity contribution in [2.45, 2.75) is 19.0 Å². The van der Waals surface area contributed by atoms with E-state index in [9.17, 15) is 14.0 Å². The van der Waals surface area contributed by atoms with Gasteiger partial charge in [-0.2, -0.15) is 0 Å². The van der Waals surface area contributed by atoms with Crippen LogP contribution in [0.5, 0.6) is 0 Å². The molecule has 1 heterocycles. The maximum atomic E-state index is 13.1. The number of halogens is 2. The van der Waals surface area contributed by atoms with Crippen LogP contribution in [0.15, 0.2) is 48.5 Å². The number of hydrogen-bond donors (Lipinski definition) is 1. The Morgan fingerprint density at radius 2 is 1.70 bits per heavy atom. The summed E-state index contributed by atoms with van der Waals surface area (Å²) < 4.78 is 13.1. The lowest BCUT2D eigenvalue weighted by Crippen LogP contribution is -2.40. The highest BCUT2D eigenvalue weighted by Crippen LogP contribution is 2.30. The summed E-state index contributed by atoms with van der Waals surface area (Å²) in [5.41, 5.74) is 0.133. The zero-order valence-electron chi connectivity index (χ0n) is 12.3. The van der Waals surface area contributed by atoms with Crippen molar-refractivity contribution in [1.82, 2.24) is 10.2 Å². The lowest BCUT2D eigenvalue weighted by Gasteiger charge is -2.22. The van der Waals surface area contributed by atoms with E-state index in [1.165, 1.54) is 24.3 Å². The molecule has 0 radical (unpaired) electrons. The van der Waals surface area contributed by atoms with Crippen molar-refractivity contribution in [3.63, 3.8) is 0 Å². The fourth-order valence-electron chi connectivity index (χ4n) is 2.59. The predicted octanol–water partition coefficient (Wildman–Crippen LogP) is 3.45. The molecule has 0 bridgehead atoms. The van der Waals surface area contributed by atoms with Gasteiger partial charge in [-0.05, 0) is 42.3 Å². The summed E-state index contributed by atoms with van der Waals surface area (Å²) in [6, 6.07) is 12.0. The molecule has 3 rings (SSSR count). The Labute approximate surface area is 137 Å². The zero-order valence-corrected chi connectivity index (χ0v) is 13.1. The van der Waals surface area contributed by atoms with E-state index in [1.807, 2.05) is 0 Å². The number of benzene rings is 2. The zero-order chi connectivity index (χ0) is 16.6. The summed E-state index contributed by atoms with van der Waals surface area (Å²) in [6.45, 7) is 1.76. The standard InChI is InChI=1S/C17H14ClFN2O2/c1-17(12-4-8-14(19)9-5-12)15(22)21(16(23)20-17)10-11-2-6-13(18)7-3-11/h2-9H,10H2,1H3,(H,20,23). The van der Waals surface area contributed by atoms with Crippen LogP contribution in [0.25, 0.3) is 0 Å². The van der Waals surface area contributed by atoms with Crippen molar-refractivity contribution in [2.75, 3.05) is 0 Å². The monoisotopic (exact) mass is 332 g/mol. The fourth-order valence-corrected chi connectivity index (χ4v) is 2.72. The highest BCUT2D eigenvalue weighted by Gasteiger charge is 2.48. The van der Waals surface area contributed by atoms with E-state index in [-0.39, 0.29) is 12.5 Å². The molecule has 1 aliphatic rings. The Kier molecular flexibility index (Phi) is 3.82. The average Bonchev–Trinajstić information content (AvgIpc) is 2.74. The molecule has 4 nitrogen and oxygen atoms in total. The SMILES string of the molecule is CC1(c2ccc(F)cc2)NC(=O)N(Cc2ccc(Cl)cc2)C1=O. The highest BCUT2D eigenvalue weighted by molar-refractivity contribution is 6.30. The second-order valence-corrected chi connectivity index (χ2v) is 6.02.